The summed E-state index contributed by atoms with van der Waals surface area (Å²) in [5, 5.41) is 9.81. The molecule has 102 valence electrons. The molecule has 1 rings (SSSR count). The van der Waals surface area contributed by atoms with E-state index in [1.807, 2.05) is 0 Å². The quantitative estimate of drug-likeness (QED) is 0.867. The zero-order valence-corrected chi connectivity index (χ0v) is 10.8. The van der Waals surface area contributed by atoms with Gasteiger partial charge in [-0.15, -0.1) is 0 Å². The second kappa shape index (κ2) is 5.03. The van der Waals surface area contributed by atoms with E-state index in [9.17, 15) is 18.3 Å². The van der Waals surface area contributed by atoms with Crippen LogP contribution in [0.2, 0.25) is 5.15 Å². The molecule has 0 aliphatic heterocycles. The largest absolute Gasteiger partial charge is 0.433 e. The van der Waals surface area contributed by atoms with Gasteiger partial charge in [-0.1, -0.05) is 17.7 Å². The molecule has 7 heteroatoms. The third-order valence-electron chi connectivity index (χ3n) is 2.83. The number of hydrogen-bond acceptors (Lipinski definition) is 3. The average Bonchev–Trinajstić information content (AvgIpc) is 2.26. The molecule has 1 N–H and O–H groups in total. The lowest BCUT2D eigenvalue weighted by molar-refractivity contribution is -0.141. The molecule has 0 aromatic carbocycles. The molecule has 3 nitrogen and oxygen atoms in total. The van der Waals surface area contributed by atoms with Crippen molar-refractivity contribution >= 4 is 11.6 Å². The Kier molecular flexibility index (Phi) is 4.25. The summed E-state index contributed by atoms with van der Waals surface area (Å²) in [5.74, 6) is 0. The van der Waals surface area contributed by atoms with Gasteiger partial charge in [0, 0.05) is 12.7 Å². The minimum atomic E-state index is -4.57. The van der Waals surface area contributed by atoms with Crippen LogP contribution in [0.15, 0.2) is 12.1 Å². The number of nitrogens with zero attached hydrogens (tertiary/aromatic N) is 1. The van der Waals surface area contributed by atoms with Crippen molar-refractivity contribution in [1.29, 1.82) is 0 Å². The number of ether oxygens (including phenoxy) is 1. The van der Waals surface area contributed by atoms with Crippen LogP contribution in [0, 0.1) is 0 Å². The lowest BCUT2D eigenvalue weighted by Gasteiger charge is -2.30. The van der Waals surface area contributed by atoms with Crippen LogP contribution in [-0.2, 0) is 16.5 Å². The Morgan fingerprint density at radius 3 is 2.33 bits per heavy atom. The minimum Gasteiger partial charge on any atom is -0.383 e. The summed E-state index contributed by atoms with van der Waals surface area (Å²) in [6.07, 6.45) is -5.21. The van der Waals surface area contributed by atoms with Crippen LogP contribution < -0.4 is 0 Å². The van der Waals surface area contributed by atoms with Gasteiger partial charge in [0.25, 0.3) is 0 Å². The Morgan fingerprint density at radius 1 is 1.39 bits per heavy atom. The highest BCUT2D eigenvalue weighted by Crippen LogP contribution is 2.34. The summed E-state index contributed by atoms with van der Waals surface area (Å²) in [7, 11) is 1.38. The third kappa shape index (κ3) is 2.93. The molecule has 0 fully saturated rings. The first-order valence-corrected chi connectivity index (χ1v) is 5.48. The van der Waals surface area contributed by atoms with E-state index in [0.717, 1.165) is 12.1 Å². The molecule has 0 saturated carbocycles. The number of methoxy groups -OCH3 is 1. The van der Waals surface area contributed by atoms with Crippen LogP contribution in [-0.4, -0.2) is 23.3 Å². The number of halogens is 4. The number of pyridine rings is 1. The summed E-state index contributed by atoms with van der Waals surface area (Å²) in [5.41, 5.74) is -2.54. The van der Waals surface area contributed by atoms with Gasteiger partial charge in [-0.05, 0) is 19.9 Å². The van der Waals surface area contributed by atoms with Crippen molar-refractivity contribution in [3.05, 3.63) is 28.5 Å². The molecular weight excluding hydrogens is 271 g/mol. The predicted octanol–water partition coefficient (Wildman–Crippen LogP) is 3.00. The molecular formula is C11H13ClF3NO2. The van der Waals surface area contributed by atoms with Gasteiger partial charge in [0.2, 0.25) is 0 Å². The van der Waals surface area contributed by atoms with Gasteiger partial charge in [0.1, 0.15) is 16.4 Å². The third-order valence-corrected chi connectivity index (χ3v) is 3.12. The SMILES string of the molecule is COC(C)C(C)(O)c1ccc(C(F)(F)F)nc1Cl. The molecule has 2 unspecified atom stereocenters. The van der Waals surface area contributed by atoms with Gasteiger partial charge in [-0.2, -0.15) is 13.2 Å². The number of aliphatic hydroxyl groups is 1. The van der Waals surface area contributed by atoms with E-state index in [0.29, 0.717) is 0 Å². The smallest absolute Gasteiger partial charge is 0.383 e. The molecule has 0 aliphatic carbocycles. The van der Waals surface area contributed by atoms with E-state index < -0.39 is 28.7 Å². The maximum absolute atomic E-state index is 12.4. The summed E-state index contributed by atoms with van der Waals surface area (Å²) in [4.78, 5) is 3.25. The Hall–Kier alpha value is -0.850. The van der Waals surface area contributed by atoms with Gasteiger partial charge in [-0.3, -0.25) is 0 Å². The number of hydrogen-bond donors (Lipinski definition) is 1. The van der Waals surface area contributed by atoms with E-state index in [2.05, 4.69) is 4.98 Å². The van der Waals surface area contributed by atoms with Gasteiger partial charge >= 0.3 is 6.18 Å². The second-order valence-electron chi connectivity index (χ2n) is 4.06. The lowest BCUT2D eigenvalue weighted by Crippen LogP contribution is -2.36. The van der Waals surface area contributed by atoms with Crippen LogP contribution in [0.3, 0.4) is 0 Å². The Balaban J connectivity index is 3.22. The number of aromatic nitrogens is 1. The first kappa shape index (κ1) is 15.2. The molecule has 2 atom stereocenters. The van der Waals surface area contributed by atoms with Crippen molar-refractivity contribution in [3.8, 4) is 0 Å². The molecule has 1 aromatic heterocycles. The summed E-state index contributed by atoms with van der Waals surface area (Å²) < 4.78 is 42.2. The van der Waals surface area contributed by atoms with Crippen LogP contribution >= 0.6 is 11.6 Å². The standard InChI is InChI=1S/C11H13ClF3NO2/c1-6(18-3)10(2,17)7-4-5-8(11(13,14)15)16-9(7)12/h4-6,17H,1-3H3. The lowest BCUT2D eigenvalue weighted by atomic mass is 9.92. The van der Waals surface area contributed by atoms with Gasteiger partial charge < -0.3 is 9.84 Å². The zero-order chi connectivity index (χ0) is 14.1. The number of rotatable bonds is 3. The molecule has 1 aromatic rings. The van der Waals surface area contributed by atoms with E-state index in [4.69, 9.17) is 16.3 Å². The highest BCUT2D eigenvalue weighted by molar-refractivity contribution is 6.30. The van der Waals surface area contributed by atoms with Crippen molar-refractivity contribution < 1.29 is 23.0 Å². The molecule has 0 spiro atoms. The van der Waals surface area contributed by atoms with Crippen LogP contribution in [0.25, 0.3) is 0 Å². The van der Waals surface area contributed by atoms with Crippen LogP contribution in [0.1, 0.15) is 25.1 Å². The monoisotopic (exact) mass is 283 g/mol. The first-order valence-electron chi connectivity index (χ1n) is 5.10. The van der Waals surface area contributed by atoms with E-state index in [-0.39, 0.29) is 5.56 Å². The highest BCUT2D eigenvalue weighted by Gasteiger charge is 2.37. The molecule has 18 heavy (non-hydrogen) atoms. The zero-order valence-electron chi connectivity index (χ0n) is 10.0. The highest BCUT2D eigenvalue weighted by atomic mass is 35.5. The first-order chi connectivity index (χ1) is 8.10. The number of alkyl halides is 3. The molecule has 0 saturated heterocycles. The molecule has 0 radical (unpaired) electrons. The summed E-state index contributed by atoms with van der Waals surface area (Å²) in [6, 6.07) is 1.88. The fraction of sp³-hybridized carbons (Fsp3) is 0.545. The van der Waals surface area contributed by atoms with Crippen molar-refractivity contribution in [3.63, 3.8) is 0 Å². The van der Waals surface area contributed by atoms with E-state index in [1.165, 1.54) is 14.0 Å². The topological polar surface area (TPSA) is 42.4 Å². The predicted molar refractivity (Wildman–Crippen MR) is 60.3 cm³/mol. The van der Waals surface area contributed by atoms with Gasteiger partial charge in [0.15, 0.2) is 0 Å². The average molecular weight is 284 g/mol. The molecule has 0 bridgehead atoms. The fourth-order valence-electron chi connectivity index (χ4n) is 1.42. The van der Waals surface area contributed by atoms with Crippen molar-refractivity contribution in [2.45, 2.75) is 31.7 Å². The fourth-order valence-corrected chi connectivity index (χ4v) is 1.76. The normalized spacial score (nSPS) is 17.3. The summed E-state index contributed by atoms with van der Waals surface area (Å²) in [6.45, 7) is 2.98. The van der Waals surface area contributed by atoms with Gasteiger partial charge in [0.05, 0.1) is 6.10 Å². The molecule has 0 aliphatic rings. The summed E-state index contributed by atoms with van der Waals surface area (Å²) >= 11 is 5.69. The maximum Gasteiger partial charge on any atom is 0.433 e. The van der Waals surface area contributed by atoms with Crippen LogP contribution in [0.5, 0.6) is 0 Å². The Labute approximate surface area is 108 Å². The maximum atomic E-state index is 12.4. The Morgan fingerprint density at radius 2 is 1.94 bits per heavy atom. The van der Waals surface area contributed by atoms with Crippen molar-refractivity contribution in [2.75, 3.05) is 7.11 Å². The van der Waals surface area contributed by atoms with Crippen molar-refractivity contribution in [1.82, 2.24) is 4.98 Å². The molecule has 1 heterocycles. The Bertz CT molecular complexity index is 435. The minimum absolute atomic E-state index is 0.0894. The van der Waals surface area contributed by atoms with Crippen LogP contribution in [0.4, 0.5) is 13.2 Å². The second-order valence-corrected chi connectivity index (χ2v) is 4.42. The van der Waals surface area contributed by atoms with E-state index >= 15 is 0 Å². The van der Waals surface area contributed by atoms with Gasteiger partial charge in [-0.25, -0.2) is 4.98 Å². The molecule has 0 amide bonds. The van der Waals surface area contributed by atoms with E-state index in [1.54, 1.807) is 6.92 Å². The van der Waals surface area contributed by atoms with Crippen molar-refractivity contribution in [2.24, 2.45) is 0 Å².